The van der Waals surface area contributed by atoms with E-state index in [1.54, 1.807) is 20.8 Å². The van der Waals surface area contributed by atoms with Crippen LogP contribution in [0.5, 0.6) is 0 Å². The Morgan fingerprint density at radius 3 is 2.33 bits per heavy atom. The number of ether oxygens (including phenoxy) is 1. The molecule has 0 saturated carbocycles. The average Bonchev–Trinajstić information content (AvgIpc) is 2.11. The number of hydrogen-bond donors (Lipinski definition) is 2. The number of rotatable bonds is 4. The van der Waals surface area contributed by atoms with E-state index >= 15 is 0 Å². The fourth-order valence-corrected chi connectivity index (χ4v) is 1.01. The number of alkyl carbamates (subject to hydrolysis) is 1. The van der Waals surface area contributed by atoms with E-state index in [4.69, 9.17) is 4.74 Å². The molecule has 0 aliphatic carbocycles. The maximum Gasteiger partial charge on any atom is 0.408 e. The molecule has 0 unspecified atom stereocenters. The molecule has 0 aromatic carbocycles. The molecule has 1 amide bonds. The lowest BCUT2D eigenvalue weighted by molar-refractivity contribution is 0.0436. The molecule has 4 heteroatoms. The fraction of sp³-hybridized carbons (Fsp3) is 0.727. The molecule has 0 aliphatic heterocycles. The highest BCUT2D eigenvalue weighted by Gasteiger charge is 2.28. The SMILES string of the molecule is C=C[C@](CC)(CO)NC(=O)OC(C)(C)C. The fourth-order valence-electron chi connectivity index (χ4n) is 1.01. The van der Waals surface area contributed by atoms with E-state index < -0.39 is 17.2 Å². The lowest BCUT2D eigenvalue weighted by Gasteiger charge is -2.30. The third-order valence-electron chi connectivity index (χ3n) is 2.05. The molecular weight excluding hydrogens is 194 g/mol. The van der Waals surface area contributed by atoms with E-state index in [0.29, 0.717) is 6.42 Å². The first-order chi connectivity index (χ1) is 6.78. The van der Waals surface area contributed by atoms with Gasteiger partial charge in [0.25, 0.3) is 0 Å². The molecule has 0 spiro atoms. The van der Waals surface area contributed by atoms with Crippen molar-refractivity contribution in [3.8, 4) is 0 Å². The monoisotopic (exact) mass is 215 g/mol. The number of hydrogen-bond acceptors (Lipinski definition) is 3. The molecule has 0 aromatic heterocycles. The van der Waals surface area contributed by atoms with Gasteiger partial charge in [0.1, 0.15) is 5.60 Å². The van der Waals surface area contributed by atoms with E-state index in [0.717, 1.165) is 0 Å². The first-order valence-corrected chi connectivity index (χ1v) is 5.04. The smallest absolute Gasteiger partial charge is 0.408 e. The van der Waals surface area contributed by atoms with E-state index in [2.05, 4.69) is 11.9 Å². The Kier molecular flexibility index (Phi) is 4.81. The normalized spacial score (nSPS) is 15.3. The second kappa shape index (κ2) is 5.16. The summed E-state index contributed by atoms with van der Waals surface area (Å²) < 4.78 is 5.09. The largest absolute Gasteiger partial charge is 0.444 e. The van der Waals surface area contributed by atoms with E-state index in [1.807, 2.05) is 6.92 Å². The second-order valence-electron chi connectivity index (χ2n) is 4.50. The van der Waals surface area contributed by atoms with Crippen LogP contribution in [0.15, 0.2) is 12.7 Å². The Labute approximate surface area is 91.3 Å². The van der Waals surface area contributed by atoms with Crippen molar-refractivity contribution in [1.29, 1.82) is 0 Å². The van der Waals surface area contributed by atoms with E-state index in [9.17, 15) is 9.90 Å². The van der Waals surface area contributed by atoms with Crippen molar-refractivity contribution in [1.82, 2.24) is 5.32 Å². The van der Waals surface area contributed by atoms with Crippen molar-refractivity contribution in [2.24, 2.45) is 0 Å². The van der Waals surface area contributed by atoms with Gasteiger partial charge in [0.05, 0.1) is 12.1 Å². The van der Waals surface area contributed by atoms with Crippen LogP contribution in [0.3, 0.4) is 0 Å². The van der Waals surface area contributed by atoms with Crippen LogP contribution in [0.1, 0.15) is 34.1 Å². The van der Waals surface area contributed by atoms with E-state index in [1.165, 1.54) is 6.08 Å². The summed E-state index contributed by atoms with van der Waals surface area (Å²) in [6, 6.07) is 0. The Morgan fingerprint density at radius 2 is 2.07 bits per heavy atom. The van der Waals surface area contributed by atoms with Crippen LogP contribution in [0.2, 0.25) is 0 Å². The molecule has 0 aliphatic rings. The molecule has 0 radical (unpaired) electrons. The molecule has 0 bridgehead atoms. The molecular formula is C11H21NO3. The molecule has 0 aromatic rings. The summed E-state index contributed by atoms with van der Waals surface area (Å²) >= 11 is 0. The molecule has 0 rings (SSSR count). The van der Waals surface area contributed by atoms with Gasteiger partial charge in [-0.2, -0.15) is 0 Å². The Hall–Kier alpha value is -1.03. The Balaban J connectivity index is 4.43. The first-order valence-electron chi connectivity index (χ1n) is 5.04. The third-order valence-corrected chi connectivity index (χ3v) is 2.05. The summed E-state index contributed by atoms with van der Waals surface area (Å²) in [5, 5.41) is 11.8. The van der Waals surface area contributed by atoms with Gasteiger partial charge in [0, 0.05) is 0 Å². The Bertz CT molecular complexity index is 226. The number of aliphatic hydroxyl groups is 1. The van der Waals surface area contributed by atoms with Gasteiger partial charge in [-0.15, -0.1) is 6.58 Å². The van der Waals surface area contributed by atoms with Gasteiger partial charge in [-0.3, -0.25) is 0 Å². The van der Waals surface area contributed by atoms with Gasteiger partial charge in [-0.25, -0.2) is 4.79 Å². The third kappa shape index (κ3) is 4.83. The highest BCUT2D eigenvalue weighted by molar-refractivity contribution is 5.69. The topological polar surface area (TPSA) is 58.6 Å². The summed E-state index contributed by atoms with van der Waals surface area (Å²) in [7, 11) is 0. The van der Waals surface area contributed by atoms with Gasteiger partial charge in [0.2, 0.25) is 0 Å². The number of aliphatic hydroxyl groups excluding tert-OH is 1. The van der Waals surface area contributed by atoms with E-state index in [-0.39, 0.29) is 6.61 Å². The summed E-state index contributed by atoms with van der Waals surface area (Å²) in [6.45, 7) is 10.6. The number of carbonyl (C=O) groups is 1. The highest BCUT2D eigenvalue weighted by atomic mass is 16.6. The van der Waals surface area contributed by atoms with Gasteiger partial charge in [0.15, 0.2) is 0 Å². The van der Waals surface area contributed by atoms with Crippen molar-refractivity contribution in [3.63, 3.8) is 0 Å². The zero-order valence-electron chi connectivity index (χ0n) is 9.96. The molecule has 2 N–H and O–H groups in total. The van der Waals surface area contributed by atoms with Crippen molar-refractivity contribution in [2.45, 2.75) is 45.3 Å². The van der Waals surface area contributed by atoms with Crippen LogP contribution in [0.4, 0.5) is 4.79 Å². The lowest BCUT2D eigenvalue weighted by Crippen LogP contribution is -2.50. The molecule has 0 heterocycles. The van der Waals surface area contributed by atoms with Gasteiger partial charge in [-0.05, 0) is 27.2 Å². The first kappa shape index (κ1) is 14.0. The van der Waals surface area contributed by atoms with Crippen LogP contribution < -0.4 is 5.32 Å². The molecule has 1 atom stereocenters. The van der Waals surface area contributed by atoms with Crippen LogP contribution in [0, 0.1) is 0 Å². The minimum absolute atomic E-state index is 0.188. The van der Waals surface area contributed by atoms with Crippen LogP contribution in [0.25, 0.3) is 0 Å². The predicted molar refractivity (Wildman–Crippen MR) is 59.7 cm³/mol. The summed E-state index contributed by atoms with van der Waals surface area (Å²) in [5.41, 5.74) is -1.33. The quantitative estimate of drug-likeness (QED) is 0.703. The average molecular weight is 215 g/mol. The molecule has 15 heavy (non-hydrogen) atoms. The molecule has 0 saturated heterocycles. The highest BCUT2D eigenvalue weighted by Crippen LogP contribution is 2.13. The lowest BCUT2D eigenvalue weighted by atomic mass is 9.98. The predicted octanol–water partition coefficient (Wildman–Crippen LogP) is 1.84. The summed E-state index contributed by atoms with van der Waals surface area (Å²) in [5.74, 6) is 0. The Morgan fingerprint density at radius 1 is 1.53 bits per heavy atom. The van der Waals surface area contributed by atoms with Crippen molar-refractivity contribution < 1.29 is 14.6 Å². The van der Waals surface area contributed by atoms with Crippen molar-refractivity contribution in [3.05, 3.63) is 12.7 Å². The van der Waals surface area contributed by atoms with Crippen molar-refractivity contribution in [2.75, 3.05) is 6.61 Å². The molecule has 88 valence electrons. The summed E-state index contributed by atoms with van der Waals surface area (Å²) in [4.78, 5) is 11.5. The maximum atomic E-state index is 11.5. The van der Waals surface area contributed by atoms with Crippen LogP contribution in [-0.2, 0) is 4.74 Å². The van der Waals surface area contributed by atoms with Crippen LogP contribution in [-0.4, -0.2) is 28.9 Å². The summed E-state index contributed by atoms with van der Waals surface area (Å²) in [6.07, 6.45) is 1.54. The van der Waals surface area contributed by atoms with Crippen molar-refractivity contribution >= 4 is 6.09 Å². The van der Waals surface area contributed by atoms with Gasteiger partial charge >= 0.3 is 6.09 Å². The molecule has 4 nitrogen and oxygen atoms in total. The number of carbonyl (C=O) groups excluding carboxylic acids is 1. The number of nitrogens with one attached hydrogen (secondary N) is 1. The minimum atomic E-state index is -0.789. The van der Waals surface area contributed by atoms with Crippen LogP contribution >= 0.6 is 0 Å². The number of amides is 1. The second-order valence-corrected chi connectivity index (χ2v) is 4.50. The maximum absolute atomic E-state index is 11.5. The molecule has 0 fully saturated rings. The zero-order chi connectivity index (χ0) is 12.1. The zero-order valence-corrected chi connectivity index (χ0v) is 9.96. The van der Waals surface area contributed by atoms with Gasteiger partial charge < -0.3 is 15.2 Å². The standard InChI is InChI=1S/C11H21NO3/c1-6-11(7-2,8-13)12-9(14)15-10(3,4)5/h6,13H,1,7-8H2,2-5H3,(H,12,14)/t11-/m0/s1. The van der Waals surface area contributed by atoms with Gasteiger partial charge in [-0.1, -0.05) is 13.0 Å². The minimum Gasteiger partial charge on any atom is -0.444 e.